The Morgan fingerprint density at radius 3 is 2.33 bits per heavy atom. The molecule has 1 N–H and O–H groups in total. The van der Waals surface area contributed by atoms with Crippen LogP contribution in [0.1, 0.15) is 56.8 Å². The van der Waals surface area contributed by atoms with Gasteiger partial charge in [-0.05, 0) is 48.4 Å². The molecule has 0 saturated heterocycles. The molecule has 1 aromatic carbocycles. The summed E-state index contributed by atoms with van der Waals surface area (Å²) in [5, 5.41) is 3.67. The summed E-state index contributed by atoms with van der Waals surface area (Å²) in [6.45, 7) is 6.99. The van der Waals surface area contributed by atoms with Crippen LogP contribution < -0.4 is 5.32 Å². The molecule has 1 aromatic rings. The van der Waals surface area contributed by atoms with Crippen LogP contribution >= 0.6 is 0 Å². The maximum Gasteiger partial charge on any atom is 0.337 e. The van der Waals surface area contributed by atoms with Crippen LogP contribution in [0.2, 0.25) is 0 Å². The minimum Gasteiger partial charge on any atom is -0.465 e. The van der Waals surface area contributed by atoms with E-state index in [4.69, 9.17) is 4.74 Å². The molecular formula is C18H27NO2. The summed E-state index contributed by atoms with van der Waals surface area (Å²) in [6, 6.07) is 8.11. The van der Waals surface area contributed by atoms with Gasteiger partial charge in [0.05, 0.1) is 12.7 Å². The fraction of sp³-hybridized carbons (Fsp3) is 0.611. The Morgan fingerprint density at radius 1 is 1.14 bits per heavy atom. The molecule has 1 aliphatic carbocycles. The Morgan fingerprint density at radius 2 is 1.76 bits per heavy atom. The highest BCUT2D eigenvalue weighted by atomic mass is 16.5. The Balaban J connectivity index is 2.07. The summed E-state index contributed by atoms with van der Waals surface area (Å²) in [7, 11) is 1.41. The van der Waals surface area contributed by atoms with E-state index in [1.165, 1.54) is 32.8 Å². The molecule has 0 amide bonds. The largest absolute Gasteiger partial charge is 0.465 e. The molecule has 116 valence electrons. The molecule has 1 aliphatic rings. The van der Waals surface area contributed by atoms with Gasteiger partial charge < -0.3 is 10.1 Å². The number of hydrogen-bond donors (Lipinski definition) is 1. The van der Waals surface area contributed by atoms with E-state index in [2.05, 4.69) is 26.1 Å². The zero-order valence-corrected chi connectivity index (χ0v) is 13.6. The van der Waals surface area contributed by atoms with Crippen molar-refractivity contribution in [3.63, 3.8) is 0 Å². The molecular weight excluding hydrogens is 262 g/mol. The molecule has 0 aliphatic heterocycles. The first-order chi connectivity index (χ1) is 9.91. The molecule has 2 atom stereocenters. The molecule has 0 aromatic heterocycles. The van der Waals surface area contributed by atoms with Crippen molar-refractivity contribution >= 4 is 11.7 Å². The molecule has 0 radical (unpaired) electrons. The van der Waals surface area contributed by atoms with Crippen LogP contribution in [0.3, 0.4) is 0 Å². The van der Waals surface area contributed by atoms with Gasteiger partial charge in [-0.15, -0.1) is 0 Å². The van der Waals surface area contributed by atoms with Gasteiger partial charge in [-0.2, -0.15) is 0 Å². The predicted molar refractivity (Wildman–Crippen MR) is 86.6 cm³/mol. The number of rotatable bonds is 3. The highest BCUT2D eigenvalue weighted by Gasteiger charge is 2.33. The quantitative estimate of drug-likeness (QED) is 0.833. The monoisotopic (exact) mass is 289 g/mol. The van der Waals surface area contributed by atoms with E-state index in [0.29, 0.717) is 22.9 Å². The number of benzene rings is 1. The van der Waals surface area contributed by atoms with Gasteiger partial charge in [-0.25, -0.2) is 4.79 Å². The third-order valence-electron chi connectivity index (χ3n) is 4.54. The fourth-order valence-electron chi connectivity index (χ4n) is 3.37. The first-order valence-electron chi connectivity index (χ1n) is 7.87. The second-order valence-electron chi connectivity index (χ2n) is 7.08. The average molecular weight is 289 g/mol. The van der Waals surface area contributed by atoms with Gasteiger partial charge in [0, 0.05) is 11.7 Å². The van der Waals surface area contributed by atoms with Gasteiger partial charge in [0.1, 0.15) is 0 Å². The zero-order chi connectivity index (χ0) is 15.5. The van der Waals surface area contributed by atoms with E-state index in [1.54, 1.807) is 0 Å². The van der Waals surface area contributed by atoms with Crippen molar-refractivity contribution in [1.82, 2.24) is 0 Å². The number of carbonyl (C=O) groups excluding carboxylic acids is 1. The lowest BCUT2D eigenvalue weighted by Gasteiger charge is -2.41. The summed E-state index contributed by atoms with van der Waals surface area (Å²) in [5.41, 5.74) is 2.01. The summed E-state index contributed by atoms with van der Waals surface area (Å²) in [4.78, 5) is 11.5. The zero-order valence-electron chi connectivity index (χ0n) is 13.6. The van der Waals surface area contributed by atoms with Crippen LogP contribution in [0.5, 0.6) is 0 Å². The van der Waals surface area contributed by atoms with Gasteiger partial charge in [0.25, 0.3) is 0 Å². The van der Waals surface area contributed by atoms with Crippen molar-refractivity contribution < 1.29 is 9.53 Å². The van der Waals surface area contributed by atoms with Crippen LogP contribution in [0, 0.1) is 11.3 Å². The minimum absolute atomic E-state index is 0.285. The SMILES string of the molecule is COC(=O)c1ccc(NC2CCCCC2C(C)(C)C)cc1. The Kier molecular flexibility index (Phi) is 4.92. The number of anilines is 1. The first kappa shape index (κ1) is 15.9. The molecule has 3 nitrogen and oxygen atoms in total. The van der Waals surface area contributed by atoms with Crippen LogP contribution in [-0.2, 0) is 4.74 Å². The first-order valence-corrected chi connectivity index (χ1v) is 7.87. The predicted octanol–water partition coefficient (Wildman–Crippen LogP) is 4.49. The van der Waals surface area contributed by atoms with Crippen molar-refractivity contribution in [2.24, 2.45) is 11.3 Å². The Labute approximate surface area is 128 Å². The van der Waals surface area contributed by atoms with Gasteiger partial charge >= 0.3 is 5.97 Å². The Hall–Kier alpha value is -1.51. The van der Waals surface area contributed by atoms with Crippen molar-refractivity contribution in [1.29, 1.82) is 0 Å². The molecule has 3 heteroatoms. The molecule has 0 bridgehead atoms. The van der Waals surface area contributed by atoms with Gasteiger partial charge in [-0.3, -0.25) is 0 Å². The number of methoxy groups -OCH3 is 1. The normalized spacial score (nSPS) is 22.7. The number of esters is 1. The van der Waals surface area contributed by atoms with E-state index in [0.717, 1.165) is 5.69 Å². The van der Waals surface area contributed by atoms with Gasteiger partial charge in [0.2, 0.25) is 0 Å². The summed E-state index contributed by atoms with van der Waals surface area (Å²) in [5.74, 6) is 0.401. The fourth-order valence-corrected chi connectivity index (χ4v) is 3.37. The maximum atomic E-state index is 11.5. The summed E-state index contributed by atoms with van der Waals surface area (Å²) < 4.78 is 4.73. The van der Waals surface area contributed by atoms with Gasteiger partial charge in [0.15, 0.2) is 0 Å². The third-order valence-corrected chi connectivity index (χ3v) is 4.54. The van der Waals surface area contributed by atoms with Crippen molar-refractivity contribution in [2.45, 2.75) is 52.5 Å². The van der Waals surface area contributed by atoms with Crippen LogP contribution in [0.4, 0.5) is 5.69 Å². The molecule has 1 saturated carbocycles. The van der Waals surface area contributed by atoms with Gasteiger partial charge in [-0.1, -0.05) is 33.6 Å². The van der Waals surface area contributed by atoms with Crippen LogP contribution in [0.15, 0.2) is 24.3 Å². The molecule has 0 spiro atoms. The van der Waals surface area contributed by atoms with Crippen molar-refractivity contribution in [3.05, 3.63) is 29.8 Å². The number of hydrogen-bond acceptors (Lipinski definition) is 3. The Bertz CT molecular complexity index is 473. The lowest BCUT2D eigenvalue weighted by atomic mass is 9.69. The van der Waals surface area contributed by atoms with Crippen LogP contribution in [0.25, 0.3) is 0 Å². The molecule has 1 fully saturated rings. The smallest absolute Gasteiger partial charge is 0.337 e. The number of carbonyl (C=O) groups is 1. The van der Waals surface area contributed by atoms with E-state index in [-0.39, 0.29) is 5.97 Å². The number of ether oxygens (including phenoxy) is 1. The van der Waals surface area contributed by atoms with Crippen molar-refractivity contribution in [2.75, 3.05) is 12.4 Å². The number of nitrogens with one attached hydrogen (secondary N) is 1. The van der Waals surface area contributed by atoms with E-state index >= 15 is 0 Å². The van der Waals surface area contributed by atoms with Crippen molar-refractivity contribution in [3.8, 4) is 0 Å². The van der Waals surface area contributed by atoms with E-state index < -0.39 is 0 Å². The van der Waals surface area contributed by atoms with E-state index in [9.17, 15) is 4.79 Å². The lowest BCUT2D eigenvalue weighted by Crippen LogP contribution is -2.39. The second kappa shape index (κ2) is 6.50. The summed E-state index contributed by atoms with van der Waals surface area (Å²) >= 11 is 0. The highest BCUT2D eigenvalue weighted by Crippen LogP contribution is 2.39. The standard InChI is InChI=1S/C18H27NO2/c1-18(2,3)15-7-5-6-8-16(15)19-14-11-9-13(10-12-14)17(20)21-4/h9-12,15-16,19H,5-8H2,1-4H3. The van der Waals surface area contributed by atoms with E-state index in [1.807, 2.05) is 24.3 Å². The molecule has 0 heterocycles. The topological polar surface area (TPSA) is 38.3 Å². The highest BCUT2D eigenvalue weighted by molar-refractivity contribution is 5.89. The minimum atomic E-state index is -0.285. The molecule has 21 heavy (non-hydrogen) atoms. The molecule has 2 unspecified atom stereocenters. The summed E-state index contributed by atoms with van der Waals surface area (Å²) in [6.07, 6.45) is 5.15. The molecule has 2 rings (SSSR count). The maximum absolute atomic E-state index is 11.5. The second-order valence-corrected chi connectivity index (χ2v) is 7.08. The average Bonchev–Trinajstić information content (AvgIpc) is 2.47. The third kappa shape index (κ3) is 3.99. The van der Waals surface area contributed by atoms with Crippen LogP contribution in [-0.4, -0.2) is 19.1 Å². The lowest BCUT2D eigenvalue weighted by molar-refractivity contribution is 0.0601.